The van der Waals surface area contributed by atoms with E-state index in [0.717, 1.165) is 26.9 Å². The van der Waals surface area contributed by atoms with Gasteiger partial charge in [0.1, 0.15) is 0 Å². The zero-order valence-electron chi connectivity index (χ0n) is 12.8. The van der Waals surface area contributed by atoms with E-state index in [1.807, 2.05) is 44.2 Å². The Hall–Kier alpha value is -1.61. The zero-order valence-corrected chi connectivity index (χ0v) is 14.4. The first kappa shape index (κ1) is 15.8. The van der Waals surface area contributed by atoms with E-state index in [1.165, 1.54) is 0 Å². The van der Waals surface area contributed by atoms with Gasteiger partial charge in [-0.2, -0.15) is 0 Å². The highest BCUT2D eigenvalue weighted by Gasteiger charge is 2.15. The number of benzene rings is 2. The summed E-state index contributed by atoms with van der Waals surface area (Å²) >= 11 is 3.45. The van der Waals surface area contributed by atoms with Crippen LogP contribution in [-0.4, -0.2) is 5.91 Å². The fraction of sp³-hybridized carbons (Fsp3) is 0.278. The highest BCUT2D eigenvalue weighted by atomic mass is 79.9. The molecule has 21 heavy (non-hydrogen) atoms. The maximum Gasteiger partial charge on any atom is 0.256 e. The molecule has 2 aromatic rings. The number of amides is 1. The van der Waals surface area contributed by atoms with Crippen LogP contribution in [0, 0.1) is 13.8 Å². The molecule has 0 aromatic heterocycles. The summed E-state index contributed by atoms with van der Waals surface area (Å²) in [5.41, 5.74) is 4.89. The number of rotatable bonds is 3. The Morgan fingerprint density at radius 1 is 1.14 bits per heavy atom. The van der Waals surface area contributed by atoms with Crippen LogP contribution in [0.25, 0.3) is 0 Å². The molecule has 1 amide bonds. The molecule has 0 heterocycles. The van der Waals surface area contributed by atoms with Crippen molar-refractivity contribution >= 4 is 27.5 Å². The van der Waals surface area contributed by atoms with Crippen molar-refractivity contribution < 1.29 is 4.79 Å². The number of halogens is 1. The Morgan fingerprint density at radius 2 is 1.86 bits per heavy atom. The van der Waals surface area contributed by atoms with Gasteiger partial charge in [-0.3, -0.25) is 4.79 Å². The lowest BCUT2D eigenvalue weighted by Gasteiger charge is -2.17. The lowest BCUT2D eigenvalue weighted by Crippen LogP contribution is -2.15. The minimum atomic E-state index is -0.0817. The summed E-state index contributed by atoms with van der Waals surface area (Å²) in [4.78, 5) is 12.6. The van der Waals surface area contributed by atoms with Gasteiger partial charge < -0.3 is 5.32 Å². The van der Waals surface area contributed by atoms with E-state index in [4.69, 9.17) is 0 Å². The predicted octanol–water partition coefficient (Wildman–Crippen LogP) is 5.44. The lowest BCUT2D eigenvalue weighted by atomic mass is 9.98. The number of hydrogen-bond acceptors (Lipinski definition) is 1. The highest BCUT2D eigenvalue weighted by Crippen LogP contribution is 2.28. The van der Waals surface area contributed by atoms with Crippen LogP contribution in [0.1, 0.15) is 46.8 Å². The number of carbonyl (C=O) groups is 1. The van der Waals surface area contributed by atoms with Gasteiger partial charge in [0, 0.05) is 10.2 Å². The van der Waals surface area contributed by atoms with Crippen molar-refractivity contribution in [3.8, 4) is 0 Å². The Balaban J connectivity index is 2.38. The molecule has 0 fully saturated rings. The predicted molar refractivity (Wildman–Crippen MR) is 92.1 cm³/mol. The number of para-hydroxylation sites is 1. The van der Waals surface area contributed by atoms with Crippen molar-refractivity contribution in [3.63, 3.8) is 0 Å². The Bertz CT molecular complexity index is 677. The molecule has 2 aromatic carbocycles. The molecule has 0 unspecified atom stereocenters. The number of hydrogen-bond donors (Lipinski definition) is 1. The number of aryl methyl sites for hydroxylation is 2. The minimum absolute atomic E-state index is 0.0817. The van der Waals surface area contributed by atoms with Crippen LogP contribution >= 0.6 is 15.9 Å². The van der Waals surface area contributed by atoms with Gasteiger partial charge in [-0.1, -0.05) is 43.7 Å². The van der Waals surface area contributed by atoms with E-state index in [0.29, 0.717) is 11.5 Å². The summed E-state index contributed by atoms with van der Waals surface area (Å²) in [5, 5.41) is 3.08. The van der Waals surface area contributed by atoms with Crippen molar-refractivity contribution in [2.75, 3.05) is 5.32 Å². The Labute approximate surface area is 134 Å². The zero-order chi connectivity index (χ0) is 15.6. The first-order valence-corrected chi connectivity index (χ1v) is 7.86. The Kier molecular flexibility index (Phi) is 4.84. The van der Waals surface area contributed by atoms with Crippen LogP contribution in [0.15, 0.2) is 40.9 Å². The summed E-state index contributed by atoms with van der Waals surface area (Å²) in [6, 6.07) is 11.9. The number of carbonyl (C=O) groups excluding carboxylic acids is 1. The average molecular weight is 346 g/mol. The van der Waals surface area contributed by atoms with Crippen LogP contribution in [0.3, 0.4) is 0 Å². The van der Waals surface area contributed by atoms with Gasteiger partial charge in [-0.25, -0.2) is 0 Å². The molecular weight excluding hydrogens is 326 g/mol. The summed E-state index contributed by atoms with van der Waals surface area (Å²) in [6.07, 6.45) is 0. The van der Waals surface area contributed by atoms with Crippen LogP contribution < -0.4 is 5.32 Å². The molecule has 110 valence electrons. The molecular formula is C18H20BrNO. The molecule has 0 aliphatic carbocycles. The third-order valence-electron chi connectivity index (χ3n) is 3.53. The summed E-state index contributed by atoms with van der Waals surface area (Å²) in [6.45, 7) is 8.27. The average Bonchev–Trinajstić information content (AvgIpc) is 2.43. The van der Waals surface area contributed by atoms with E-state index in [-0.39, 0.29) is 5.91 Å². The van der Waals surface area contributed by atoms with Crippen LogP contribution in [-0.2, 0) is 0 Å². The van der Waals surface area contributed by atoms with Crippen molar-refractivity contribution in [1.82, 2.24) is 0 Å². The molecule has 1 N–H and O–H groups in total. The quantitative estimate of drug-likeness (QED) is 0.788. The fourth-order valence-corrected chi connectivity index (χ4v) is 2.76. The van der Waals surface area contributed by atoms with Crippen molar-refractivity contribution in [3.05, 3.63) is 63.1 Å². The number of nitrogens with one attached hydrogen (secondary N) is 1. The molecule has 2 nitrogen and oxygen atoms in total. The smallest absolute Gasteiger partial charge is 0.256 e. The van der Waals surface area contributed by atoms with Crippen LogP contribution in [0.5, 0.6) is 0 Å². The first-order valence-electron chi connectivity index (χ1n) is 7.07. The summed E-state index contributed by atoms with van der Waals surface area (Å²) < 4.78 is 0.810. The van der Waals surface area contributed by atoms with Gasteiger partial charge in [0.2, 0.25) is 0 Å². The van der Waals surface area contributed by atoms with E-state index >= 15 is 0 Å². The summed E-state index contributed by atoms with van der Waals surface area (Å²) in [7, 11) is 0. The molecule has 2 rings (SSSR count). The van der Waals surface area contributed by atoms with E-state index in [9.17, 15) is 4.79 Å². The van der Waals surface area contributed by atoms with Crippen molar-refractivity contribution in [1.29, 1.82) is 0 Å². The summed E-state index contributed by atoms with van der Waals surface area (Å²) in [5.74, 6) is 0.280. The van der Waals surface area contributed by atoms with Crippen molar-refractivity contribution in [2.24, 2.45) is 0 Å². The second kappa shape index (κ2) is 6.44. The molecule has 3 heteroatoms. The molecule has 0 spiro atoms. The maximum atomic E-state index is 12.6. The topological polar surface area (TPSA) is 29.1 Å². The third kappa shape index (κ3) is 3.53. The van der Waals surface area contributed by atoms with Gasteiger partial charge in [0.05, 0.1) is 5.56 Å². The van der Waals surface area contributed by atoms with Crippen LogP contribution in [0.2, 0.25) is 0 Å². The third-order valence-corrected chi connectivity index (χ3v) is 4.22. The first-order chi connectivity index (χ1) is 9.90. The monoisotopic (exact) mass is 345 g/mol. The Morgan fingerprint density at radius 3 is 2.52 bits per heavy atom. The highest BCUT2D eigenvalue weighted by molar-refractivity contribution is 9.10. The molecule has 0 atom stereocenters. The molecule has 0 saturated carbocycles. The molecule has 0 saturated heterocycles. The molecule has 0 bridgehead atoms. The lowest BCUT2D eigenvalue weighted by molar-refractivity contribution is 0.102. The standard InChI is InChI=1S/C18H20BrNO/c1-11(2)14-7-5-6-13(4)17(14)20-18(21)15-10-12(3)8-9-16(15)19/h5-11H,1-4H3,(H,20,21). The van der Waals surface area contributed by atoms with Gasteiger partial charge >= 0.3 is 0 Å². The molecule has 0 aliphatic heterocycles. The second-order valence-electron chi connectivity index (χ2n) is 5.63. The molecule has 0 aliphatic rings. The fourth-order valence-electron chi connectivity index (χ4n) is 2.34. The SMILES string of the molecule is Cc1ccc(Br)c(C(=O)Nc2c(C)cccc2C(C)C)c1. The van der Waals surface area contributed by atoms with Crippen LogP contribution in [0.4, 0.5) is 5.69 Å². The number of anilines is 1. The molecule has 0 radical (unpaired) electrons. The second-order valence-corrected chi connectivity index (χ2v) is 6.49. The van der Waals surface area contributed by atoms with E-state index < -0.39 is 0 Å². The van der Waals surface area contributed by atoms with Crippen molar-refractivity contribution in [2.45, 2.75) is 33.6 Å². The van der Waals surface area contributed by atoms with Gasteiger partial charge in [-0.05, 0) is 59.0 Å². The normalized spacial score (nSPS) is 10.8. The van der Waals surface area contributed by atoms with Gasteiger partial charge in [-0.15, -0.1) is 0 Å². The van der Waals surface area contributed by atoms with Gasteiger partial charge in [0.25, 0.3) is 5.91 Å². The van der Waals surface area contributed by atoms with E-state index in [2.05, 4.69) is 41.2 Å². The largest absolute Gasteiger partial charge is 0.321 e. The minimum Gasteiger partial charge on any atom is -0.321 e. The van der Waals surface area contributed by atoms with E-state index in [1.54, 1.807) is 0 Å². The van der Waals surface area contributed by atoms with Gasteiger partial charge in [0.15, 0.2) is 0 Å². The maximum absolute atomic E-state index is 12.6.